The van der Waals surface area contributed by atoms with E-state index in [1.807, 2.05) is 0 Å². The number of nitrogens with zero attached hydrogens (tertiary/aromatic N) is 4. The van der Waals surface area contributed by atoms with Crippen LogP contribution in [-0.2, 0) is 17.1 Å². The molecule has 8 heteroatoms. The second-order valence-corrected chi connectivity index (χ2v) is 6.24. The van der Waals surface area contributed by atoms with Crippen molar-refractivity contribution >= 4 is 26.0 Å². The zero-order valence-electron chi connectivity index (χ0n) is 9.31. The Bertz CT molecular complexity index is 489. The highest BCUT2D eigenvalue weighted by Gasteiger charge is 2.28. The molecular formula is C8H13BrN4O2S. The molecule has 0 aromatic carbocycles. The largest absolute Gasteiger partial charge is 0.263 e. The molecule has 6 nitrogen and oxygen atoms in total. The van der Waals surface area contributed by atoms with E-state index < -0.39 is 10.0 Å². The number of hydrogen-bond acceptors (Lipinski definition) is 4. The highest BCUT2D eigenvalue weighted by atomic mass is 79.9. The van der Waals surface area contributed by atoms with E-state index in [-0.39, 0.29) is 16.2 Å². The fourth-order valence-corrected chi connectivity index (χ4v) is 3.46. The Hall–Kier alpha value is -0.730. The fourth-order valence-electron chi connectivity index (χ4n) is 1.21. The van der Waals surface area contributed by atoms with E-state index in [1.54, 1.807) is 6.92 Å². The number of halogens is 1. The summed E-state index contributed by atoms with van der Waals surface area (Å²) in [5.74, 6) is 0. The maximum absolute atomic E-state index is 12.1. The van der Waals surface area contributed by atoms with Gasteiger partial charge in [0.25, 0.3) is 10.0 Å². The molecule has 0 aliphatic carbocycles. The fraction of sp³-hybridized carbons (Fsp3) is 0.500. The quantitative estimate of drug-likeness (QED) is 0.771. The Labute approximate surface area is 103 Å². The van der Waals surface area contributed by atoms with Crippen molar-refractivity contribution in [2.45, 2.75) is 11.9 Å². The summed E-state index contributed by atoms with van der Waals surface area (Å²) in [6, 6.07) is 0. The molecule has 0 N–H and O–H groups in total. The predicted molar refractivity (Wildman–Crippen MR) is 63.3 cm³/mol. The number of sulfonamides is 1. The molecule has 0 saturated heterocycles. The highest BCUT2D eigenvalue weighted by molar-refractivity contribution is 9.10. The van der Waals surface area contributed by atoms with Crippen LogP contribution in [0.1, 0.15) is 6.92 Å². The Morgan fingerprint density at radius 1 is 1.62 bits per heavy atom. The van der Waals surface area contributed by atoms with Crippen LogP contribution in [0.25, 0.3) is 0 Å². The van der Waals surface area contributed by atoms with Crippen molar-refractivity contribution < 1.29 is 8.42 Å². The Balaban J connectivity index is 3.17. The van der Waals surface area contributed by atoms with Crippen molar-refractivity contribution in [3.63, 3.8) is 0 Å². The summed E-state index contributed by atoms with van der Waals surface area (Å²) in [5, 5.41) is 7.32. The minimum Gasteiger partial charge on any atom is -0.235 e. The molecule has 1 aromatic heterocycles. The van der Waals surface area contributed by atoms with E-state index in [0.29, 0.717) is 0 Å². The van der Waals surface area contributed by atoms with Crippen LogP contribution in [0.2, 0.25) is 0 Å². The van der Waals surface area contributed by atoms with Crippen LogP contribution in [0.15, 0.2) is 21.8 Å². The number of aryl methyl sites for hydroxylation is 1. The summed E-state index contributed by atoms with van der Waals surface area (Å²) in [5.41, 5.74) is 0.761. The van der Waals surface area contributed by atoms with Gasteiger partial charge in [-0.2, -0.15) is 4.31 Å². The van der Waals surface area contributed by atoms with Crippen LogP contribution in [0.5, 0.6) is 0 Å². The Kier molecular flexibility index (Phi) is 3.87. The lowest BCUT2D eigenvalue weighted by molar-refractivity contribution is 0.480. The standard InChI is InChI=1S/C8H13BrN4O2S/c1-6(2)5-12(3)16(14,15)8-7(9)10-11-13(8)4/h1,5H2,2-4H3. The number of hydrogen-bond donors (Lipinski definition) is 0. The van der Waals surface area contributed by atoms with Crippen molar-refractivity contribution in [1.29, 1.82) is 0 Å². The highest BCUT2D eigenvalue weighted by Crippen LogP contribution is 2.21. The van der Waals surface area contributed by atoms with Gasteiger partial charge >= 0.3 is 0 Å². The van der Waals surface area contributed by atoms with Crippen LogP contribution in [0.4, 0.5) is 0 Å². The molecule has 0 spiro atoms. The predicted octanol–water partition coefficient (Wildman–Crippen LogP) is 0.774. The summed E-state index contributed by atoms with van der Waals surface area (Å²) in [6.45, 7) is 5.71. The minimum atomic E-state index is -3.59. The van der Waals surface area contributed by atoms with Gasteiger partial charge in [0.05, 0.1) is 0 Å². The number of aromatic nitrogens is 3. The molecule has 1 rings (SSSR count). The lowest BCUT2D eigenvalue weighted by Gasteiger charge is -2.16. The molecular weight excluding hydrogens is 296 g/mol. The summed E-state index contributed by atoms with van der Waals surface area (Å²) in [7, 11) is -0.572. The van der Waals surface area contributed by atoms with E-state index in [0.717, 1.165) is 5.57 Å². The molecule has 0 fully saturated rings. The van der Waals surface area contributed by atoms with Crippen LogP contribution >= 0.6 is 15.9 Å². The average molecular weight is 309 g/mol. The molecule has 0 saturated carbocycles. The molecule has 1 heterocycles. The van der Waals surface area contributed by atoms with Crippen molar-refractivity contribution in [1.82, 2.24) is 19.3 Å². The van der Waals surface area contributed by atoms with Crippen LogP contribution in [-0.4, -0.2) is 41.3 Å². The second-order valence-electron chi connectivity index (χ2n) is 3.53. The van der Waals surface area contributed by atoms with Gasteiger partial charge in [-0.15, -0.1) is 5.10 Å². The van der Waals surface area contributed by atoms with E-state index >= 15 is 0 Å². The summed E-state index contributed by atoms with van der Waals surface area (Å²) >= 11 is 3.06. The van der Waals surface area contributed by atoms with Gasteiger partial charge in [-0.3, -0.25) is 0 Å². The Morgan fingerprint density at radius 2 is 2.19 bits per heavy atom. The SMILES string of the molecule is C=C(C)CN(C)S(=O)(=O)c1c(Br)nnn1C. The molecule has 0 aliphatic rings. The first-order chi connectivity index (χ1) is 7.26. The van der Waals surface area contributed by atoms with Gasteiger partial charge in [0.2, 0.25) is 5.03 Å². The molecule has 0 bridgehead atoms. The topological polar surface area (TPSA) is 68.1 Å². The van der Waals surface area contributed by atoms with Gasteiger partial charge in [0, 0.05) is 20.6 Å². The zero-order chi connectivity index (χ0) is 12.5. The lowest BCUT2D eigenvalue weighted by atomic mass is 10.4. The first-order valence-corrected chi connectivity index (χ1v) is 6.66. The van der Waals surface area contributed by atoms with Gasteiger partial charge in [-0.1, -0.05) is 17.4 Å². The molecule has 0 radical (unpaired) electrons. The molecule has 0 atom stereocenters. The van der Waals surface area contributed by atoms with Crippen LogP contribution < -0.4 is 0 Å². The maximum Gasteiger partial charge on any atom is 0.263 e. The summed E-state index contributed by atoms with van der Waals surface area (Å²) in [6.07, 6.45) is 0. The van der Waals surface area contributed by atoms with Gasteiger partial charge in [0.15, 0.2) is 4.60 Å². The molecule has 16 heavy (non-hydrogen) atoms. The smallest absolute Gasteiger partial charge is 0.235 e. The first kappa shape index (κ1) is 13.3. The van der Waals surface area contributed by atoms with Crippen LogP contribution in [0.3, 0.4) is 0 Å². The maximum atomic E-state index is 12.1. The van der Waals surface area contributed by atoms with Gasteiger partial charge in [-0.25, -0.2) is 13.1 Å². The third-order valence-corrected chi connectivity index (χ3v) is 4.58. The van der Waals surface area contributed by atoms with Crippen molar-refractivity contribution in [2.24, 2.45) is 7.05 Å². The third-order valence-electron chi connectivity index (χ3n) is 1.88. The average Bonchev–Trinajstić information content (AvgIpc) is 2.45. The van der Waals surface area contributed by atoms with E-state index in [1.165, 1.54) is 23.1 Å². The zero-order valence-corrected chi connectivity index (χ0v) is 11.7. The normalized spacial score (nSPS) is 12.1. The molecule has 0 amide bonds. The van der Waals surface area contributed by atoms with Crippen molar-refractivity contribution in [3.05, 3.63) is 16.8 Å². The van der Waals surface area contributed by atoms with E-state index in [9.17, 15) is 8.42 Å². The van der Waals surface area contributed by atoms with Gasteiger partial charge in [-0.05, 0) is 22.9 Å². The Morgan fingerprint density at radius 3 is 2.56 bits per heavy atom. The number of rotatable bonds is 4. The minimum absolute atomic E-state index is 0.0382. The number of likely N-dealkylation sites (N-methyl/N-ethyl adjacent to an activating group) is 1. The van der Waals surface area contributed by atoms with E-state index in [4.69, 9.17) is 0 Å². The molecule has 1 aromatic rings. The van der Waals surface area contributed by atoms with Crippen LogP contribution in [0, 0.1) is 0 Å². The first-order valence-electron chi connectivity index (χ1n) is 4.42. The molecule has 0 unspecified atom stereocenters. The molecule has 0 aliphatic heterocycles. The summed E-state index contributed by atoms with van der Waals surface area (Å²) < 4.78 is 26.9. The van der Waals surface area contributed by atoms with Gasteiger partial charge in [0.1, 0.15) is 0 Å². The lowest BCUT2D eigenvalue weighted by Crippen LogP contribution is -2.30. The van der Waals surface area contributed by atoms with Gasteiger partial charge < -0.3 is 0 Å². The van der Waals surface area contributed by atoms with Crippen molar-refractivity contribution in [3.8, 4) is 0 Å². The van der Waals surface area contributed by atoms with Crippen molar-refractivity contribution in [2.75, 3.05) is 13.6 Å². The third kappa shape index (κ3) is 2.50. The second kappa shape index (κ2) is 4.64. The summed E-state index contributed by atoms with van der Waals surface area (Å²) in [4.78, 5) is 0. The molecule has 90 valence electrons. The monoisotopic (exact) mass is 308 g/mol. The van der Waals surface area contributed by atoms with E-state index in [2.05, 4.69) is 32.8 Å².